The van der Waals surface area contributed by atoms with Gasteiger partial charge < -0.3 is 5.73 Å². The van der Waals surface area contributed by atoms with E-state index in [4.69, 9.17) is 17.3 Å². The van der Waals surface area contributed by atoms with Gasteiger partial charge in [-0.25, -0.2) is 8.42 Å². The Morgan fingerprint density at radius 2 is 2.06 bits per heavy atom. The van der Waals surface area contributed by atoms with Crippen molar-refractivity contribution in [1.29, 1.82) is 0 Å². The van der Waals surface area contributed by atoms with E-state index in [1.54, 1.807) is 18.2 Å². The molecule has 1 saturated carbocycles. The Labute approximate surface area is 101 Å². The van der Waals surface area contributed by atoms with Crippen LogP contribution in [0.1, 0.15) is 19.3 Å². The predicted octanol–water partition coefficient (Wildman–Crippen LogP) is 1.99. The topological polar surface area (TPSA) is 60.2 Å². The summed E-state index contributed by atoms with van der Waals surface area (Å²) in [4.78, 5) is 0.280. The lowest BCUT2D eigenvalue weighted by Crippen LogP contribution is -2.35. The van der Waals surface area contributed by atoms with Crippen LogP contribution in [0.5, 0.6) is 0 Å². The van der Waals surface area contributed by atoms with Crippen LogP contribution < -0.4 is 5.73 Å². The zero-order valence-electron chi connectivity index (χ0n) is 8.77. The Balaban J connectivity index is 2.39. The van der Waals surface area contributed by atoms with Gasteiger partial charge in [0, 0.05) is 11.1 Å². The Morgan fingerprint density at radius 1 is 1.31 bits per heavy atom. The van der Waals surface area contributed by atoms with Crippen LogP contribution in [0.2, 0.25) is 5.02 Å². The standard InChI is InChI=1S/C11H14ClNO2S/c12-8-3-1-4-9(7-8)16(14,15)11-6-2-5-10(11)13/h1,3-4,7,10-11H,2,5-6,13H2. The number of nitrogens with two attached hydrogens (primary N) is 1. The van der Waals surface area contributed by atoms with Crippen LogP contribution in [0.15, 0.2) is 29.2 Å². The fourth-order valence-electron chi connectivity index (χ4n) is 2.16. The van der Waals surface area contributed by atoms with Crippen molar-refractivity contribution in [3.8, 4) is 0 Å². The van der Waals surface area contributed by atoms with Crippen LogP contribution in [0, 0.1) is 0 Å². The van der Waals surface area contributed by atoms with Crippen molar-refractivity contribution in [3.63, 3.8) is 0 Å². The molecule has 5 heteroatoms. The lowest BCUT2D eigenvalue weighted by Gasteiger charge is -2.16. The average Bonchev–Trinajstić information content (AvgIpc) is 2.65. The van der Waals surface area contributed by atoms with Gasteiger partial charge in [0.05, 0.1) is 10.1 Å². The second kappa shape index (κ2) is 4.35. The molecule has 0 amide bonds. The van der Waals surface area contributed by atoms with Gasteiger partial charge in [-0.15, -0.1) is 0 Å². The minimum atomic E-state index is -3.32. The first-order valence-electron chi connectivity index (χ1n) is 5.27. The van der Waals surface area contributed by atoms with E-state index in [9.17, 15) is 8.42 Å². The molecule has 0 saturated heterocycles. The van der Waals surface area contributed by atoms with Crippen LogP contribution >= 0.6 is 11.6 Å². The Bertz CT molecular complexity index is 487. The second-order valence-electron chi connectivity index (χ2n) is 4.14. The fraction of sp³-hybridized carbons (Fsp3) is 0.455. The maximum absolute atomic E-state index is 12.3. The molecule has 0 radical (unpaired) electrons. The van der Waals surface area contributed by atoms with Gasteiger partial charge in [-0.3, -0.25) is 0 Å². The van der Waals surface area contributed by atoms with Crippen LogP contribution in [0.3, 0.4) is 0 Å². The summed E-state index contributed by atoms with van der Waals surface area (Å²) in [7, 11) is -3.32. The summed E-state index contributed by atoms with van der Waals surface area (Å²) >= 11 is 5.80. The highest BCUT2D eigenvalue weighted by molar-refractivity contribution is 7.92. The summed E-state index contributed by atoms with van der Waals surface area (Å²) in [5, 5.41) is -0.0152. The summed E-state index contributed by atoms with van der Waals surface area (Å²) in [5.74, 6) is 0. The number of benzene rings is 1. The molecule has 88 valence electrons. The summed E-state index contributed by atoms with van der Waals surface area (Å²) in [6.45, 7) is 0. The van der Waals surface area contributed by atoms with Crippen LogP contribution in [-0.2, 0) is 9.84 Å². The van der Waals surface area contributed by atoms with E-state index in [2.05, 4.69) is 0 Å². The average molecular weight is 260 g/mol. The molecule has 1 aliphatic rings. The molecule has 0 spiro atoms. The van der Waals surface area contributed by atoms with E-state index in [1.807, 2.05) is 0 Å². The van der Waals surface area contributed by atoms with Gasteiger partial charge in [0.25, 0.3) is 0 Å². The van der Waals surface area contributed by atoms with Crippen molar-refractivity contribution in [2.45, 2.75) is 35.4 Å². The van der Waals surface area contributed by atoms with Crippen LogP contribution in [0.25, 0.3) is 0 Å². The van der Waals surface area contributed by atoms with E-state index in [0.717, 1.165) is 12.8 Å². The summed E-state index contributed by atoms with van der Waals surface area (Å²) in [5.41, 5.74) is 5.83. The second-order valence-corrected chi connectivity index (χ2v) is 6.74. The lowest BCUT2D eigenvalue weighted by molar-refractivity contribution is 0.568. The number of hydrogen-bond donors (Lipinski definition) is 1. The molecule has 0 heterocycles. The van der Waals surface area contributed by atoms with Crippen molar-refractivity contribution < 1.29 is 8.42 Å². The molecule has 1 aliphatic carbocycles. The van der Waals surface area contributed by atoms with E-state index in [0.29, 0.717) is 11.4 Å². The minimum Gasteiger partial charge on any atom is -0.327 e. The van der Waals surface area contributed by atoms with Crippen molar-refractivity contribution in [1.82, 2.24) is 0 Å². The van der Waals surface area contributed by atoms with E-state index < -0.39 is 15.1 Å². The maximum atomic E-state index is 12.3. The first-order valence-corrected chi connectivity index (χ1v) is 7.19. The Kier molecular flexibility index (Phi) is 3.24. The van der Waals surface area contributed by atoms with E-state index in [1.165, 1.54) is 6.07 Å². The first-order chi connectivity index (χ1) is 7.51. The van der Waals surface area contributed by atoms with Crippen molar-refractivity contribution in [2.75, 3.05) is 0 Å². The highest BCUT2D eigenvalue weighted by Crippen LogP contribution is 2.29. The van der Waals surface area contributed by atoms with Gasteiger partial charge >= 0.3 is 0 Å². The van der Waals surface area contributed by atoms with Gasteiger partial charge in [-0.1, -0.05) is 24.1 Å². The molecule has 1 aromatic carbocycles. The molecular formula is C11H14ClNO2S. The third kappa shape index (κ3) is 2.10. The van der Waals surface area contributed by atoms with Gasteiger partial charge in [0.15, 0.2) is 9.84 Å². The number of sulfone groups is 1. The summed E-state index contributed by atoms with van der Waals surface area (Å²) in [6.07, 6.45) is 2.31. The molecule has 0 aliphatic heterocycles. The van der Waals surface area contributed by atoms with Crippen molar-refractivity contribution in [2.24, 2.45) is 5.73 Å². The lowest BCUT2D eigenvalue weighted by atomic mass is 10.3. The Morgan fingerprint density at radius 3 is 2.62 bits per heavy atom. The normalized spacial score (nSPS) is 25.9. The highest BCUT2D eigenvalue weighted by Gasteiger charge is 2.36. The maximum Gasteiger partial charge on any atom is 0.182 e. The molecule has 2 unspecified atom stereocenters. The molecule has 0 aromatic heterocycles. The largest absolute Gasteiger partial charge is 0.327 e. The molecule has 3 nitrogen and oxygen atoms in total. The minimum absolute atomic E-state index is 0.246. The number of rotatable bonds is 2. The van der Waals surface area contributed by atoms with E-state index in [-0.39, 0.29) is 10.9 Å². The molecule has 1 aromatic rings. The smallest absolute Gasteiger partial charge is 0.182 e. The monoisotopic (exact) mass is 259 g/mol. The molecule has 2 atom stereocenters. The van der Waals surface area contributed by atoms with Crippen molar-refractivity contribution in [3.05, 3.63) is 29.3 Å². The SMILES string of the molecule is NC1CCCC1S(=O)(=O)c1cccc(Cl)c1. The van der Waals surface area contributed by atoms with Gasteiger partial charge in [-0.2, -0.15) is 0 Å². The molecule has 16 heavy (non-hydrogen) atoms. The predicted molar refractivity (Wildman–Crippen MR) is 64.3 cm³/mol. The molecular weight excluding hydrogens is 246 g/mol. The van der Waals surface area contributed by atoms with Gasteiger partial charge in [-0.05, 0) is 31.0 Å². The summed E-state index contributed by atoms with van der Waals surface area (Å²) in [6, 6.07) is 6.13. The highest BCUT2D eigenvalue weighted by atomic mass is 35.5. The number of hydrogen-bond acceptors (Lipinski definition) is 3. The zero-order chi connectivity index (χ0) is 11.8. The summed E-state index contributed by atoms with van der Waals surface area (Å²) < 4.78 is 24.5. The van der Waals surface area contributed by atoms with Crippen LogP contribution in [0.4, 0.5) is 0 Å². The molecule has 1 fully saturated rings. The van der Waals surface area contributed by atoms with Gasteiger partial charge in [0.1, 0.15) is 0 Å². The first kappa shape index (κ1) is 11.9. The quantitative estimate of drug-likeness (QED) is 0.884. The third-order valence-electron chi connectivity index (χ3n) is 3.03. The fourth-order valence-corrected chi connectivity index (χ4v) is 4.40. The van der Waals surface area contributed by atoms with E-state index >= 15 is 0 Å². The Hall–Kier alpha value is -0.580. The number of halogens is 1. The molecule has 2 N–H and O–H groups in total. The molecule has 2 rings (SSSR count). The van der Waals surface area contributed by atoms with Crippen molar-refractivity contribution >= 4 is 21.4 Å². The third-order valence-corrected chi connectivity index (χ3v) is 5.56. The van der Waals surface area contributed by atoms with Crippen LogP contribution in [-0.4, -0.2) is 19.7 Å². The van der Waals surface area contributed by atoms with Gasteiger partial charge in [0.2, 0.25) is 0 Å². The zero-order valence-corrected chi connectivity index (χ0v) is 10.3. The molecule has 0 bridgehead atoms.